The SMILES string of the molecule is CS(=O)(=O)N1C[C@@H]2CCCC[C@H](NC(=O)c3ccccc3)C(=O)N2[C@H](C(=O)O)C1. The monoisotopic (exact) mass is 423 g/mol. The lowest BCUT2D eigenvalue weighted by molar-refractivity contribution is -0.157. The zero-order valence-electron chi connectivity index (χ0n) is 16.2. The summed E-state index contributed by atoms with van der Waals surface area (Å²) in [6, 6.07) is 5.81. The van der Waals surface area contributed by atoms with Crippen molar-refractivity contribution < 1.29 is 27.9 Å². The first-order valence-corrected chi connectivity index (χ1v) is 11.4. The van der Waals surface area contributed by atoms with Crippen LogP contribution in [0.3, 0.4) is 0 Å². The summed E-state index contributed by atoms with van der Waals surface area (Å²) in [7, 11) is -3.59. The Kier molecular flexibility index (Phi) is 6.23. The van der Waals surface area contributed by atoms with Crippen LogP contribution in [0.1, 0.15) is 36.0 Å². The molecule has 0 aliphatic carbocycles. The summed E-state index contributed by atoms with van der Waals surface area (Å²) < 4.78 is 25.1. The second-order valence-electron chi connectivity index (χ2n) is 7.51. The molecule has 2 fully saturated rings. The van der Waals surface area contributed by atoms with E-state index < -0.39 is 45.9 Å². The fourth-order valence-electron chi connectivity index (χ4n) is 3.96. The summed E-state index contributed by atoms with van der Waals surface area (Å²) in [6.45, 7) is -0.233. The normalized spacial score (nSPS) is 26.2. The number of carboxylic acid groups (broad SMARTS) is 1. The number of rotatable bonds is 4. The molecule has 2 saturated heterocycles. The predicted molar refractivity (Wildman–Crippen MR) is 105 cm³/mol. The molecule has 0 aromatic heterocycles. The largest absolute Gasteiger partial charge is 0.480 e. The van der Waals surface area contributed by atoms with E-state index in [0.717, 1.165) is 10.6 Å². The van der Waals surface area contributed by atoms with Crippen LogP contribution in [0.5, 0.6) is 0 Å². The molecular formula is C19H25N3O6S. The summed E-state index contributed by atoms with van der Waals surface area (Å²) in [4.78, 5) is 38.9. The van der Waals surface area contributed by atoms with Gasteiger partial charge in [0.15, 0.2) is 0 Å². The molecule has 0 saturated carbocycles. The van der Waals surface area contributed by atoms with Crippen molar-refractivity contribution in [1.82, 2.24) is 14.5 Å². The van der Waals surface area contributed by atoms with Gasteiger partial charge in [-0.15, -0.1) is 0 Å². The van der Waals surface area contributed by atoms with Gasteiger partial charge in [0, 0.05) is 24.7 Å². The predicted octanol–water partition coefficient (Wildman–Crippen LogP) is 0.285. The average molecular weight is 423 g/mol. The van der Waals surface area contributed by atoms with Gasteiger partial charge in [0.05, 0.1) is 6.26 Å². The van der Waals surface area contributed by atoms with Crippen LogP contribution in [0.2, 0.25) is 0 Å². The maximum atomic E-state index is 13.3. The minimum atomic E-state index is -3.59. The van der Waals surface area contributed by atoms with Crippen molar-refractivity contribution in [1.29, 1.82) is 0 Å². The van der Waals surface area contributed by atoms with Gasteiger partial charge in [-0.1, -0.05) is 31.0 Å². The van der Waals surface area contributed by atoms with E-state index in [9.17, 15) is 27.9 Å². The first kappa shape index (κ1) is 21.3. The minimum Gasteiger partial charge on any atom is -0.480 e. The van der Waals surface area contributed by atoms with Crippen LogP contribution >= 0.6 is 0 Å². The molecular weight excluding hydrogens is 398 g/mol. The van der Waals surface area contributed by atoms with Crippen LogP contribution in [0, 0.1) is 0 Å². The highest BCUT2D eigenvalue weighted by Crippen LogP contribution is 2.27. The van der Waals surface area contributed by atoms with Crippen molar-refractivity contribution in [2.45, 2.75) is 43.8 Å². The Morgan fingerprint density at radius 2 is 1.76 bits per heavy atom. The van der Waals surface area contributed by atoms with E-state index in [0.29, 0.717) is 31.2 Å². The van der Waals surface area contributed by atoms with Crippen molar-refractivity contribution in [3.63, 3.8) is 0 Å². The number of amides is 2. The second-order valence-corrected chi connectivity index (χ2v) is 9.49. The van der Waals surface area contributed by atoms with Gasteiger partial charge in [0.25, 0.3) is 5.91 Å². The maximum Gasteiger partial charge on any atom is 0.327 e. The van der Waals surface area contributed by atoms with Gasteiger partial charge in [0.2, 0.25) is 15.9 Å². The van der Waals surface area contributed by atoms with E-state index >= 15 is 0 Å². The summed E-state index contributed by atoms with van der Waals surface area (Å²) in [6.07, 6.45) is 3.33. The molecule has 2 aliphatic rings. The number of nitrogens with one attached hydrogen (secondary N) is 1. The van der Waals surface area contributed by atoms with E-state index in [-0.39, 0.29) is 13.1 Å². The van der Waals surface area contributed by atoms with E-state index in [1.807, 2.05) is 0 Å². The molecule has 3 rings (SSSR count). The molecule has 158 valence electrons. The van der Waals surface area contributed by atoms with Crippen LogP contribution in [0.4, 0.5) is 0 Å². The van der Waals surface area contributed by atoms with Gasteiger partial charge >= 0.3 is 5.97 Å². The molecule has 0 unspecified atom stereocenters. The van der Waals surface area contributed by atoms with Crippen molar-refractivity contribution in [3.8, 4) is 0 Å². The van der Waals surface area contributed by atoms with Crippen LogP contribution in [-0.4, -0.2) is 78.0 Å². The third-order valence-corrected chi connectivity index (χ3v) is 6.68. The van der Waals surface area contributed by atoms with Gasteiger partial charge in [-0.3, -0.25) is 9.59 Å². The molecule has 2 N–H and O–H groups in total. The number of sulfonamides is 1. The number of carbonyl (C=O) groups excluding carboxylic acids is 2. The summed E-state index contributed by atoms with van der Waals surface area (Å²) >= 11 is 0. The molecule has 3 atom stereocenters. The molecule has 2 aliphatic heterocycles. The van der Waals surface area contributed by atoms with Crippen LogP contribution in [-0.2, 0) is 19.6 Å². The highest BCUT2D eigenvalue weighted by atomic mass is 32.2. The number of aliphatic carboxylic acids is 1. The van der Waals surface area contributed by atoms with Crippen LogP contribution < -0.4 is 5.32 Å². The fourth-order valence-corrected chi connectivity index (χ4v) is 4.82. The smallest absolute Gasteiger partial charge is 0.327 e. The molecule has 0 spiro atoms. The molecule has 1 aromatic rings. The molecule has 2 amide bonds. The van der Waals surface area contributed by atoms with E-state index in [1.54, 1.807) is 30.3 Å². The third-order valence-electron chi connectivity index (χ3n) is 5.45. The Morgan fingerprint density at radius 3 is 2.38 bits per heavy atom. The van der Waals surface area contributed by atoms with Crippen LogP contribution in [0.15, 0.2) is 30.3 Å². The minimum absolute atomic E-state index is 0.0632. The lowest BCUT2D eigenvalue weighted by Gasteiger charge is -2.46. The van der Waals surface area contributed by atoms with Gasteiger partial charge in [-0.05, 0) is 25.0 Å². The number of hydrogen-bond acceptors (Lipinski definition) is 5. The molecule has 2 heterocycles. The first-order valence-electron chi connectivity index (χ1n) is 9.54. The molecule has 0 radical (unpaired) electrons. The summed E-state index contributed by atoms with van der Waals surface area (Å²) in [5.74, 6) is -2.13. The van der Waals surface area contributed by atoms with Gasteiger partial charge < -0.3 is 15.3 Å². The topological polar surface area (TPSA) is 124 Å². The zero-order chi connectivity index (χ0) is 21.2. The van der Waals surface area contributed by atoms with E-state index in [2.05, 4.69) is 5.32 Å². The highest BCUT2D eigenvalue weighted by molar-refractivity contribution is 7.88. The Hall–Kier alpha value is -2.46. The summed E-state index contributed by atoms with van der Waals surface area (Å²) in [5, 5.41) is 12.4. The number of benzene rings is 1. The molecule has 0 bridgehead atoms. The number of nitrogens with zero attached hydrogens (tertiary/aromatic N) is 2. The lowest BCUT2D eigenvalue weighted by atomic mass is 9.94. The second kappa shape index (κ2) is 8.50. The quantitative estimate of drug-likeness (QED) is 0.717. The van der Waals surface area contributed by atoms with Crippen molar-refractivity contribution in [2.24, 2.45) is 0 Å². The van der Waals surface area contributed by atoms with Crippen LogP contribution in [0.25, 0.3) is 0 Å². The van der Waals surface area contributed by atoms with Gasteiger partial charge in [0.1, 0.15) is 12.1 Å². The average Bonchev–Trinajstić information content (AvgIpc) is 2.67. The fraction of sp³-hybridized carbons (Fsp3) is 0.526. The number of carboxylic acids is 1. The standard InChI is InChI=1S/C19H25N3O6S/c1-29(27,28)21-11-14-9-5-6-10-15(18(24)22(14)16(12-21)19(25)26)20-17(23)13-7-3-2-4-8-13/h2-4,7-8,14-16H,5-6,9-12H2,1H3,(H,20,23)(H,25,26)/t14-,15-,16-/m0/s1. The Bertz CT molecular complexity index is 888. The van der Waals surface area contributed by atoms with Crippen molar-refractivity contribution in [2.75, 3.05) is 19.3 Å². The molecule has 9 nitrogen and oxygen atoms in total. The summed E-state index contributed by atoms with van der Waals surface area (Å²) in [5.41, 5.74) is 0.413. The highest BCUT2D eigenvalue weighted by Gasteiger charge is 2.46. The third kappa shape index (κ3) is 4.76. The Labute approximate surface area is 169 Å². The Balaban J connectivity index is 1.86. The Morgan fingerprint density at radius 1 is 1.10 bits per heavy atom. The van der Waals surface area contributed by atoms with E-state index in [4.69, 9.17) is 0 Å². The molecule has 29 heavy (non-hydrogen) atoms. The number of hydrogen-bond donors (Lipinski definition) is 2. The lowest BCUT2D eigenvalue weighted by Crippen LogP contribution is -2.67. The van der Waals surface area contributed by atoms with Crippen molar-refractivity contribution >= 4 is 27.8 Å². The van der Waals surface area contributed by atoms with Gasteiger partial charge in [-0.2, -0.15) is 4.31 Å². The number of piperazine rings is 1. The number of carbonyl (C=O) groups is 3. The zero-order valence-corrected chi connectivity index (χ0v) is 17.0. The maximum absolute atomic E-state index is 13.3. The first-order chi connectivity index (χ1) is 13.7. The van der Waals surface area contributed by atoms with E-state index in [1.165, 1.54) is 4.90 Å². The number of fused-ring (bicyclic) bond motifs is 1. The van der Waals surface area contributed by atoms with Crippen molar-refractivity contribution in [3.05, 3.63) is 35.9 Å². The molecule has 1 aromatic carbocycles. The van der Waals surface area contributed by atoms with Gasteiger partial charge in [-0.25, -0.2) is 13.2 Å². The molecule has 10 heteroatoms.